The van der Waals surface area contributed by atoms with Crippen molar-refractivity contribution >= 4 is 22.3 Å². The minimum atomic E-state index is -0.293. The number of fused-ring (bicyclic) bond motifs is 1. The van der Waals surface area contributed by atoms with E-state index in [-0.39, 0.29) is 5.82 Å². The third-order valence-electron chi connectivity index (χ3n) is 3.13. The van der Waals surface area contributed by atoms with Crippen LogP contribution in [0.1, 0.15) is 5.56 Å². The van der Waals surface area contributed by atoms with E-state index < -0.39 is 0 Å². The molecule has 0 saturated heterocycles. The molecule has 2 aromatic carbocycles. The number of halogens is 1. The lowest BCUT2D eigenvalue weighted by atomic mass is 10.1. The Morgan fingerprint density at radius 3 is 2.70 bits per heavy atom. The van der Waals surface area contributed by atoms with E-state index >= 15 is 0 Å². The zero-order valence-corrected chi connectivity index (χ0v) is 10.8. The smallest absolute Gasteiger partial charge is 0.123 e. The molecule has 0 aliphatic carbocycles. The SMILES string of the molecule is Cn1ncc2cc(Nc3ccc(F)cc3)c(C#N)cc21. The van der Waals surface area contributed by atoms with Crippen LogP contribution in [0.5, 0.6) is 0 Å². The van der Waals surface area contributed by atoms with Crippen molar-refractivity contribution in [3.8, 4) is 6.07 Å². The maximum absolute atomic E-state index is 12.9. The average Bonchev–Trinajstić information content (AvgIpc) is 2.81. The molecule has 0 bridgehead atoms. The van der Waals surface area contributed by atoms with Crippen molar-refractivity contribution < 1.29 is 4.39 Å². The molecule has 5 heteroatoms. The monoisotopic (exact) mass is 266 g/mol. The molecule has 0 saturated carbocycles. The van der Waals surface area contributed by atoms with E-state index in [9.17, 15) is 9.65 Å². The Balaban J connectivity index is 2.06. The number of benzene rings is 2. The lowest BCUT2D eigenvalue weighted by Crippen LogP contribution is -1.95. The summed E-state index contributed by atoms with van der Waals surface area (Å²) in [6, 6.07) is 11.8. The molecule has 0 aliphatic heterocycles. The Labute approximate surface area is 115 Å². The number of nitriles is 1. The number of nitrogens with zero attached hydrogens (tertiary/aromatic N) is 3. The van der Waals surface area contributed by atoms with Crippen LogP contribution in [0.15, 0.2) is 42.6 Å². The van der Waals surface area contributed by atoms with E-state index in [4.69, 9.17) is 0 Å². The van der Waals surface area contributed by atoms with Crippen molar-refractivity contribution in [2.24, 2.45) is 7.05 Å². The number of anilines is 2. The van der Waals surface area contributed by atoms with Crippen LogP contribution in [-0.4, -0.2) is 9.78 Å². The first-order valence-electron chi connectivity index (χ1n) is 6.06. The molecular weight excluding hydrogens is 255 g/mol. The van der Waals surface area contributed by atoms with Gasteiger partial charge in [-0.25, -0.2) is 4.39 Å². The molecule has 0 unspecified atom stereocenters. The summed E-state index contributed by atoms with van der Waals surface area (Å²) >= 11 is 0. The third kappa shape index (κ3) is 2.08. The highest BCUT2D eigenvalue weighted by Gasteiger charge is 2.08. The van der Waals surface area contributed by atoms with Gasteiger partial charge in [0.25, 0.3) is 0 Å². The van der Waals surface area contributed by atoms with E-state index in [2.05, 4.69) is 16.5 Å². The minimum Gasteiger partial charge on any atom is -0.354 e. The number of nitrogens with one attached hydrogen (secondary N) is 1. The van der Waals surface area contributed by atoms with Gasteiger partial charge in [0.15, 0.2) is 0 Å². The van der Waals surface area contributed by atoms with Crippen LogP contribution in [0.2, 0.25) is 0 Å². The minimum absolute atomic E-state index is 0.293. The fourth-order valence-corrected chi connectivity index (χ4v) is 2.08. The maximum atomic E-state index is 12.9. The molecule has 0 spiro atoms. The van der Waals surface area contributed by atoms with Gasteiger partial charge in [-0.3, -0.25) is 4.68 Å². The predicted octanol–water partition coefficient (Wildman–Crippen LogP) is 3.33. The van der Waals surface area contributed by atoms with E-state index in [1.165, 1.54) is 12.1 Å². The normalized spacial score (nSPS) is 10.4. The molecule has 1 N–H and O–H groups in total. The first-order chi connectivity index (χ1) is 9.67. The molecule has 0 radical (unpaired) electrons. The Kier molecular flexibility index (Phi) is 2.84. The highest BCUT2D eigenvalue weighted by atomic mass is 19.1. The van der Waals surface area contributed by atoms with Crippen LogP contribution in [0.4, 0.5) is 15.8 Å². The van der Waals surface area contributed by atoms with E-state index in [1.807, 2.05) is 13.1 Å². The van der Waals surface area contributed by atoms with Crippen molar-refractivity contribution in [1.29, 1.82) is 5.26 Å². The van der Waals surface area contributed by atoms with E-state index in [0.717, 1.165) is 16.6 Å². The van der Waals surface area contributed by atoms with Gasteiger partial charge >= 0.3 is 0 Å². The quantitative estimate of drug-likeness (QED) is 0.774. The number of hydrogen-bond acceptors (Lipinski definition) is 3. The molecule has 1 heterocycles. The summed E-state index contributed by atoms with van der Waals surface area (Å²) in [6.45, 7) is 0. The number of rotatable bonds is 2. The van der Waals surface area contributed by atoms with Crippen LogP contribution in [-0.2, 0) is 7.05 Å². The summed E-state index contributed by atoms with van der Waals surface area (Å²) < 4.78 is 14.6. The summed E-state index contributed by atoms with van der Waals surface area (Å²) in [5.41, 5.74) is 2.82. The zero-order valence-electron chi connectivity index (χ0n) is 10.8. The molecule has 0 fully saturated rings. The lowest BCUT2D eigenvalue weighted by molar-refractivity contribution is 0.628. The summed E-state index contributed by atoms with van der Waals surface area (Å²) in [5.74, 6) is -0.293. The van der Waals surface area contributed by atoms with Crippen LogP contribution >= 0.6 is 0 Å². The van der Waals surface area contributed by atoms with Crippen molar-refractivity contribution in [2.75, 3.05) is 5.32 Å². The molecular formula is C15H11FN4. The predicted molar refractivity (Wildman–Crippen MR) is 75.1 cm³/mol. The largest absolute Gasteiger partial charge is 0.354 e. The van der Waals surface area contributed by atoms with E-state index in [1.54, 1.807) is 29.1 Å². The van der Waals surface area contributed by atoms with E-state index in [0.29, 0.717) is 11.3 Å². The Morgan fingerprint density at radius 2 is 2.00 bits per heavy atom. The Morgan fingerprint density at radius 1 is 1.25 bits per heavy atom. The van der Waals surface area contributed by atoms with Gasteiger partial charge in [-0.2, -0.15) is 10.4 Å². The second kappa shape index (κ2) is 4.67. The summed E-state index contributed by atoms with van der Waals surface area (Å²) in [5, 5.41) is 17.5. The molecule has 4 nitrogen and oxygen atoms in total. The van der Waals surface area contributed by atoms with Gasteiger partial charge in [0, 0.05) is 18.1 Å². The van der Waals surface area contributed by atoms with Crippen LogP contribution in [0, 0.1) is 17.1 Å². The molecule has 98 valence electrons. The van der Waals surface area contributed by atoms with Crippen molar-refractivity contribution in [3.05, 3.63) is 54.0 Å². The second-order valence-corrected chi connectivity index (χ2v) is 4.47. The van der Waals surface area contributed by atoms with Crippen molar-refractivity contribution in [3.63, 3.8) is 0 Å². The third-order valence-corrected chi connectivity index (χ3v) is 3.13. The van der Waals surface area contributed by atoms with Gasteiger partial charge < -0.3 is 5.32 Å². The Hall–Kier alpha value is -2.87. The van der Waals surface area contributed by atoms with Crippen molar-refractivity contribution in [1.82, 2.24) is 9.78 Å². The molecule has 0 atom stereocenters. The van der Waals surface area contributed by atoms with Crippen LogP contribution in [0.25, 0.3) is 10.9 Å². The average molecular weight is 266 g/mol. The molecule has 3 aromatic rings. The summed E-state index contributed by atoms with van der Waals surface area (Å²) in [7, 11) is 1.83. The van der Waals surface area contributed by atoms with Gasteiger partial charge in [-0.1, -0.05) is 0 Å². The van der Waals surface area contributed by atoms with Gasteiger partial charge in [0.05, 0.1) is 23.0 Å². The molecule has 1 aromatic heterocycles. The number of aromatic nitrogens is 2. The standard InChI is InChI=1S/C15H11FN4/c1-20-15-7-10(8-17)14(6-11(15)9-18-20)19-13-4-2-12(16)3-5-13/h2-7,9,19H,1H3. The van der Waals surface area contributed by atoms with Crippen molar-refractivity contribution in [2.45, 2.75) is 0 Å². The molecule has 3 rings (SSSR count). The first-order valence-corrected chi connectivity index (χ1v) is 6.06. The number of hydrogen-bond donors (Lipinski definition) is 1. The second-order valence-electron chi connectivity index (χ2n) is 4.47. The summed E-state index contributed by atoms with van der Waals surface area (Å²) in [6.07, 6.45) is 1.74. The van der Waals surface area contributed by atoms with Crippen LogP contribution < -0.4 is 5.32 Å². The van der Waals surface area contributed by atoms with Gasteiger partial charge in [0.2, 0.25) is 0 Å². The fraction of sp³-hybridized carbons (Fsp3) is 0.0667. The zero-order chi connectivity index (χ0) is 14.1. The molecule has 0 amide bonds. The van der Waals surface area contributed by atoms with Gasteiger partial charge in [-0.05, 0) is 36.4 Å². The highest BCUT2D eigenvalue weighted by Crippen LogP contribution is 2.26. The molecule has 0 aliphatic rings. The van der Waals surface area contributed by atoms with Crippen LogP contribution in [0.3, 0.4) is 0 Å². The first kappa shape index (κ1) is 12.2. The topological polar surface area (TPSA) is 53.6 Å². The Bertz CT molecular complexity index is 812. The van der Waals surface area contributed by atoms with Gasteiger partial charge in [-0.15, -0.1) is 0 Å². The highest BCUT2D eigenvalue weighted by molar-refractivity contribution is 5.86. The molecule has 20 heavy (non-hydrogen) atoms. The summed E-state index contributed by atoms with van der Waals surface area (Å²) in [4.78, 5) is 0. The van der Waals surface area contributed by atoms with Gasteiger partial charge in [0.1, 0.15) is 11.9 Å². The number of aryl methyl sites for hydroxylation is 1. The maximum Gasteiger partial charge on any atom is 0.123 e. The fourth-order valence-electron chi connectivity index (χ4n) is 2.08. The lowest BCUT2D eigenvalue weighted by Gasteiger charge is -2.09.